The van der Waals surface area contributed by atoms with Crippen molar-refractivity contribution in [3.8, 4) is 0 Å². The Morgan fingerprint density at radius 3 is 2.40 bits per heavy atom. The molecule has 1 amide bonds. The van der Waals surface area contributed by atoms with Crippen molar-refractivity contribution < 1.29 is 4.79 Å². The fraction of sp³-hybridized carbons (Fsp3) is 0.733. The molecule has 0 saturated carbocycles. The van der Waals surface area contributed by atoms with E-state index in [0.717, 1.165) is 23.5 Å². The predicted molar refractivity (Wildman–Crippen MR) is 85.0 cm³/mol. The highest BCUT2D eigenvalue weighted by molar-refractivity contribution is 7.09. The first-order valence-corrected chi connectivity index (χ1v) is 8.08. The van der Waals surface area contributed by atoms with Crippen LogP contribution in [0.5, 0.6) is 0 Å². The van der Waals surface area contributed by atoms with Gasteiger partial charge in [0, 0.05) is 22.9 Å². The van der Waals surface area contributed by atoms with Gasteiger partial charge in [0.25, 0.3) is 0 Å². The zero-order valence-electron chi connectivity index (χ0n) is 13.2. The van der Waals surface area contributed by atoms with Crippen molar-refractivity contribution >= 4 is 17.2 Å². The van der Waals surface area contributed by atoms with E-state index in [9.17, 15) is 4.79 Å². The van der Waals surface area contributed by atoms with Crippen molar-refractivity contribution in [1.82, 2.24) is 10.3 Å². The minimum Gasteiger partial charge on any atom is -0.354 e. The van der Waals surface area contributed by atoms with Crippen LogP contribution in [0.15, 0.2) is 5.38 Å². The van der Waals surface area contributed by atoms with Crippen molar-refractivity contribution in [2.75, 3.05) is 6.54 Å². The Labute approximate surface area is 126 Å². The van der Waals surface area contributed by atoms with Crippen LogP contribution in [0.3, 0.4) is 0 Å². The van der Waals surface area contributed by atoms with Crippen LogP contribution >= 0.6 is 11.3 Å². The van der Waals surface area contributed by atoms with Gasteiger partial charge in [-0.3, -0.25) is 4.79 Å². The van der Waals surface area contributed by atoms with E-state index in [1.807, 2.05) is 19.2 Å². The minimum atomic E-state index is -0.297. The van der Waals surface area contributed by atoms with Gasteiger partial charge in [-0.25, -0.2) is 4.98 Å². The van der Waals surface area contributed by atoms with E-state index in [2.05, 4.69) is 31.1 Å². The zero-order chi connectivity index (χ0) is 15.4. The maximum absolute atomic E-state index is 11.9. The van der Waals surface area contributed by atoms with E-state index in [-0.39, 0.29) is 16.9 Å². The average molecular weight is 297 g/mol. The Kier molecular flexibility index (Phi) is 5.71. The first-order valence-electron chi connectivity index (χ1n) is 7.20. The second-order valence-corrected chi connectivity index (χ2v) is 7.28. The van der Waals surface area contributed by atoms with E-state index in [1.54, 1.807) is 11.3 Å². The highest BCUT2D eigenvalue weighted by Crippen LogP contribution is 2.25. The molecule has 20 heavy (non-hydrogen) atoms. The molecule has 0 bridgehead atoms. The number of hydrogen-bond acceptors (Lipinski definition) is 4. The molecule has 1 aromatic rings. The fourth-order valence-corrected chi connectivity index (χ4v) is 2.64. The second-order valence-electron chi connectivity index (χ2n) is 6.42. The molecule has 3 N–H and O–H groups in total. The lowest BCUT2D eigenvalue weighted by Gasteiger charge is -2.26. The first kappa shape index (κ1) is 17.1. The number of carbonyl (C=O) groups excluding carboxylic acids is 1. The van der Waals surface area contributed by atoms with Crippen molar-refractivity contribution in [2.24, 2.45) is 5.73 Å². The maximum atomic E-state index is 11.9. The van der Waals surface area contributed by atoms with Crippen LogP contribution in [0.1, 0.15) is 58.2 Å². The third kappa shape index (κ3) is 4.87. The fourth-order valence-electron chi connectivity index (χ4n) is 1.73. The predicted octanol–water partition coefficient (Wildman–Crippen LogP) is 2.62. The summed E-state index contributed by atoms with van der Waals surface area (Å²) >= 11 is 1.62. The maximum Gasteiger partial charge on any atom is 0.226 e. The molecule has 0 unspecified atom stereocenters. The Balaban J connectivity index is 2.53. The van der Waals surface area contributed by atoms with Gasteiger partial charge in [0.15, 0.2) is 0 Å². The van der Waals surface area contributed by atoms with E-state index >= 15 is 0 Å². The lowest BCUT2D eigenvalue weighted by Crippen LogP contribution is -2.49. The molecule has 5 heteroatoms. The van der Waals surface area contributed by atoms with Gasteiger partial charge in [0.05, 0.1) is 17.1 Å². The van der Waals surface area contributed by atoms with Crippen LogP contribution in [-0.2, 0) is 16.6 Å². The van der Waals surface area contributed by atoms with E-state index in [1.165, 1.54) is 0 Å². The van der Waals surface area contributed by atoms with E-state index in [0.29, 0.717) is 13.0 Å². The summed E-state index contributed by atoms with van der Waals surface area (Å²) in [7, 11) is 0. The highest BCUT2D eigenvalue weighted by atomic mass is 32.1. The van der Waals surface area contributed by atoms with Crippen molar-refractivity contribution in [3.05, 3.63) is 16.1 Å². The number of carbonyl (C=O) groups is 1. The molecule has 0 spiro atoms. The van der Waals surface area contributed by atoms with Gasteiger partial charge in [0.1, 0.15) is 0 Å². The Morgan fingerprint density at radius 2 is 1.95 bits per heavy atom. The lowest BCUT2D eigenvalue weighted by atomic mass is 9.94. The molecule has 1 aromatic heterocycles. The van der Waals surface area contributed by atoms with Gasteiger partial charge >= 0.3 is 0 Å². The normalized spacial score (nSPS) is 12.5. The molecule has 4 nitrogen and oxygen atoms in total. The number of thiazole rings is 1. The zero-order valence-corrected chi connectivity index (χ0v) is 14.1. The molecule has 0 aliphatic heterocycles. The summed E-state index contributed by atoms with van der Waals surface area (Å²) in [6.45, 7) is 11.0. The second kappa shape index (κ2) is 6.68. The van der Waals surface area contributed by atoms with Crippen LogP contribution in [0.2, 0.25) is 0 Å². The van der Waals surface area contributed by atoms with Crippen LogP contribution in [0.25, 0.3) is 0 Å². The van der Waals surface area contributed by atoms with Crippen LogP contribution in [-0.4, -0.2) is 23.0 Å². The SMILES string of the molecule is CCC(N)(CC)CNC(=O)Cc1csc(C(C)(C)C)n1. The molecule has 0 aliphatic carbocycles. The quantitative estimate of drug-likeness (QED) is 0.848. The summed E-state index contributed by atoms with van der Waals surface area (Å²) in [5, 5.41) is 5.96. The Bertz CT molecular complexity index is 444. The summed E-state index contributed by atoms with van der Waals surface area (Å²) < 4.78 is 0. The number of nitrogens with zero attached hydrogens (tertiary/aromatic N) is 1. The van der Waals surface area contributed by atoms with Gasteiger partial charge < -0.3 is 11.1 Å². The molecule has 0 aromatic carbocycles. The van der Waals surface area contributed by atoms with Crippen LogP contribution in [0, 0.1) is 0 Å². The number of nitrogens with two attached hydrogens (primary N) is 1. The summed E-state index contributed by atoms with van der Waals surface area (Å²) in [6.07, 6.45) is 2.04. The summed E-state index contributed by atoms with van der Waals surface area (Å²) in [5.74, 6) is -0.00696. The first-order chi connectivity index (χ1) is 9.20. The number of nitrogens with one attached hydrogen (secondary N) is 1. The third-order valence-electron chi connectivity index (χ3n) is 3.58. The average Bonchev–Trinajstić information content (AvgIpc) is 2.84. The van der Waals surface area contributed by atoms with Gasteiger partial charge in [-0.05, 0) is 12.8 Å². The van der Waals surface area contributed by atoms with Gasteiger partial charge in [0.2, 0.25) is 5.91 Å². The van der Waals surface area contributed by atoms with Gasteiger partial charge in [-0.2, -0.15) is 0 Å². The topological polar surface area (TPSA) is 68.0 Å². The number of hydrogen-bond donors (Lipinski definition) is 2. The molecule has 0 fully saturated rings. The molecule has 0 atom stereocenters. The summed E-state index contributed by atoms with van der Waals surface area (Å²) in [4.78, 5) is 16.5. The molecular formula is C15H27N3OS. The van der Waals surface area contributed by atoms with Gasteiger partial charge in [-0.15, -0.1) is 11.3 Å². The van der Waals surface area contributed by atoms with Crippen molar-refractivity contribution in [1.29, 1.82) is 0 Å². The van der Waals surface area contributed by atoms with Crippen LogP contribution < -0.4 is 11.1 Å². The minimum absolute atomic E-state index is 0.00696. The largest absolute Gasteiger partial charge is 0.354 e. The number of rotatable bonds is 6. The standard InChI is InChI=1S/C15H27N3OS/c1-6-15(16,7-2)10-17-12(19)8-11-9-20-13(18-11)14(3,4)5/h9H,6-8,10,16H2,1-5H3,(H,17,19). The van der Waals surface area contributed by atoms with Gasteiger partial charge in [-0.1, -0.05) is 34.6 Å². The lowest BCUT2D eigenvalue weighted by molar-refractivity contribution is -0.120. The molecular weight excluding hydrogens is 270 g/mol. The van der Waals surface area contributed by atoms with E-state index < -0.39 is 0 Å². The highest BCUT2D eigenvalue weighted by Gasteiger charge is 2.22. The Morgan fingerprint density at radius 1 is 1.35 bits per heavy atom. The summed E-state index contributed by atoms with van der Waals surface area (Å²) in [5.41, 5.74) is 6.75. The van der Waals surface area contributed by atoms with Crippen LogP contribution in [0.4, 0.5) is 0 Å². The molecule has 114 valence electrons. The molecule has 0 aliphatic rings. The Hall–Kier alpha value is -0.940. The number of amides is 1. The monoisotopic (exact) mass is 297 g/mol. The summed E-state index contributed by atoms with van der Waals surface area (Å²) in [6, 6.07) is 0. The number of aromatic nitrogens is 1. The molecule has 1 heterocycles. The molecule has 1 rings (SSSR count). The smallest absolute Gasteiger partial charge is 0.226 e. The molecule has 0 radical (unpaired) electrons. The van der Waals surface area contributed by atoms with E-state index in [4.69, 9.17) is 5.73 Å². The molecule has 0 saturated heterocycles. The van der Waals surface area contributed by atoms with Crippen molar-refractivity contribution in [3.63, 3.8) is 0 Å². The van der Waals surface area contributed by atoms with Crippen molar-refractivity contribution in [2.45, 2.75) is 64.8 Å². The third-order valence-corrected chi connectivity index (χ3v) is 4.90.